The van der Waals surface area contributed by atoms with E-state index in [1.165, 1.54) is 0 Å². The van der Waals surface area contributed by atoms with E-state index in [1.807, 2.05) is 84.5 Å². The maximum atomic E-state index is 14.6. The van der Waals surface area contributed by atoms with Crippen LogP contribution in [0, 0.1) is 0 Å². The van der Waals surface area contributed by atoms with Gasteiger partial charge in [0.2, 0.25) is 11.8 Å². The monoisotopic (exact) mass is 614 g/mol. The molecule has 1 saturated carbocycles. The number of nitrogens with zero attached hydrogens (tertiary/aromatic N) is 3. The lowest BCUT2D eigenvalue weighted by atomic mass is 9.79. The Morgan fingerprint density at radius 1 is 0.804 bits per heavy atom. The molecule has 236 valence electrons. The second-order valence-corrected chi connectivity index (χ2v) is 12.7. The Kier molecular flexibility index (Phi) is 8.93. The van der Waals surface area contributed by atoms with Crippen molar-refractivity contribution in [2.24, 2.45) is 7.05 Å². The van der Waals surface area contributed by atoms with Crippen molar-refractivity contribution in [1.82, 2.24) is 19.7 Å². The molecule has 0 radical (unpaired) electrons. The van der Waals surface area contributed by atoms with Crippen LogP contribution in [-0.2, 0) is 29.5 Å². The van der Waals surface area contributed by atoms with Gasteiger partial charge in [0, 0.05) is 44.7 Å². The first kappa shape index (κ1) is 31.1. The molecule has 1 aromatic heterocycles. The molecular weight excluding hydrogens is 572 g/mol. The highest BCUT2D eigenvalue weighted by molar-refractivity contribution is 6.08. The zero-order chi connectivity index (χ0) is 32.3. The zero-order valence-electron chi connectivity index (χ0n) is 26.9. The number of rotatable bonds is 9. The summed E-state index contributed by atoms with van der Waals surface area (Å²) in [6.45, 7) is 0. The van der Waals surface area contributed by atoms with Crippen molar-refractivity contribution in [3.63, 3.8) is 0 Å². The summed E-state index contributed by atoms with van der Waals surface area (Å²) in [5.74, 6) is -0.475. The first-order valence-corrected chi connectivity index (χ1v) is 16.2. The van der Waals surface area contributed by atoms with Crippen LogP contribution in [0.1, 0.15) is 53.6 Å². The minimum absolute atomic E-state index is 0.0878. The Balaban J connectivity index is 1.31. The van der Waals surface area contributed by atoms with E-state index >= 15 is 0 Å². The minimum atomic E-state index is -1.03. The molecule has 0 spiro atoms. The van der Waals surface area contributed by atoms with E-state index in [-0.39, 0.29) is 24.1 Å². The SMILES string of the molecule is CN(C(=O)Cc1ccccc1)C(Cc1ccc2ccccc2c1)NC(=O)C1(N(C)C(=O)c2cn(C)c3ccccc23)CCCCC1. The summed E-state index contributed by atoms with van der Waals surface area (Å²) in [6, 6.07) is 31.9. The lowest BCUT2D eigenvalue weighted by Crippen LogP contribution is -2.63. The molecule has 5 aromatic rings. The van der Waals surface area contributed by atoms with Crippen LogP contribution in [0.4, 0.5) is 0 Å². The molecule has 0 bridgehead atoms. The van der Waals surface area contributed by atoms with Crippen molar-refractivity contribution in [3.05, 3.63) is 120 Å². The Hall–Kier alpha value is -4.91. The summed E-state index contributed by atoms with van der Waals surface area (Å²) in [5.41, 5.74) is 2.45. The molecule has 0 saturated heterocycles. The summed E-state index contributed by atoms with van der Waals surface area (Å²) in [7, 11) is 5.45. The molecule has 1 aliphatic carbocycles. The summed E-state index contributed by atoms with van der Waals surface area (Å²) < 4.78 is 1.96. The number of hydrogen-bond acceptors (Lipinski definition) is 3. The lowest BCUT2D eigenvalue weighted by molar-refractivity contribution is -0.138. The third-order valence-corrected chi connectivity index (χ3v) is 9.78. The molecule has 0 aliphatic heterocycles. The van der Waals surface area contributed by atoms with Gasteiger partial charge in [-0.1, -0.05) is 110 Å². The molecule has 7 heteroatoms. The molecular formula is C39H42N4O3. The summed E-state index contributed by atoms with van der Waals surface area (Å²) >= 11 is 0. The molecule has 3 amide bonds. The van der Waals surface area contributed by atoms with Crippen molar-refractivity contribution in [3.8, 4) is 0 Å². The van der Waals surface area contributed by atoms with Gasteiger partial charge in [-0.05, 0) is 40.8 Å². The number of benzene rings is 4. The minimum Gasteiger partial charge on any atom is -0.350 e. The van der Waals surface area contributed by atoms with Crippen LogP contribution in [0.25, 0.3) is 21.7 Å². The van der Waals surface area contributed by atoms with Crippen molar-refractivity contribution in [2.75, 3.05) is 14.1 Å². The van der Waals surface area contributed by atoms with Gasteiger partial charge in [-0.3, -0.25) is 14.4 Å². The quantitative estimate of drug-likeness (QED) is 0.193. The third-order valence-electron chi connectivity index (χ3n) is 9.78. The maximum Gasteiger partial charge on any atom is 0.256 e. The number of carbonyl (C=O) groups excluding carboxylic acids is 3. The normalized spacial score (nSPS) is 14.9. The van der Waals surface area contributed by atoms with E-state index in [1.54, 1.807) is 23.9 Å². The van der Waals surface area contributed by atoms with Gasteiger partial charge in [-0.15, -0.1) is 0 Å². The average molecular weight is 615 g/mol. The number of aryl methyl sites for hydroxylation is 1. The van der Waals surface area contributed by atoms with Crippen LogP contribution >= 0.6 is 0 Å². The Bertz CT molecular complexity index is 1870. The predicted octanol–water partition coefficient (Wildman–Crippen LogP) is 6.49. The number of hydrogen-bond donors (Lipinski definition) is 1. The zero-order valence-corrected chi connectivity index (χ0v) is 26.9. The molecule has 4 aromatic carbocycles. The van der Waals surface area contributed by atoms with Crippen LogP contribution in [-0.4, -0.2) is 57.9 Å². The number of carbonyl (C=O) groups is 3. The molecule has 1 atom stereocenters. The Labute approximate surface area is 270 Å². The fourth-order valence-electron chi connectivity index (χ4n) is 6.97. The number of nitrogens with one attached hydrogen (secondary N) is 1. The topological polar surface area (TPSA) is 74.7 Å². The lowest BCUT2D eigenvalue weighted by Gasteiger charge is -2.44. The van der Waals surface area contributed by atoms with Gasteiger partial charge in [-0.25, -0.2) is 0 Å². The van der Waals surface area contributed by atoms with Gasteiger partial charge in [-0.2, -0.15) is 0 Å². The van der Waals surface area contributed by atoms with E-state index in [4.69, 9.17) is 0 Å². The summed E-state index contributed by atoms with van der Waals surface area (Å²) in [4.78, 5) is 45.8. The van der Waals surface area contributed by atoms with E-state index < -0.39 is 11.7 Å². The largest absolute Gasteiger partial charge is 0.350 e. The van der Waals surface area contributed by atoms with Crippen molar-refractivity contribution < 1.29 is 14.4 Å². The van der Waals surface area contributed by atoms with Crippen LogP contribution in [0.15, 0.2) is 103 Å². The highest BCUT2D eigenvalue weighted by atomic mass is 16.2. The van der Waals surface area contributed by atoms with Gasteiger partial charge in [0.15, 0.2) is 0 Å². The number of likely N-dealkylation sites (N-methyl/N-ethyl adjacent to an activating group) is 2. The standard InChI is InChI=1S/C39H42N4O3/c1-41-27-33(32-18-10-11-19-34(32)41)37(45)43(3)39(22-12-5-13-23-39)38(46)40-35(42(2)36(44)26-28-14-6-4-7-15-28)25-29-20-21-30-16-8-9-17-31(30)24-29/h4,6-11,14-21,24,27,35H,5,12-13,22-23,25-26H2,1-3H3,(H,40,46). The summed E-state index contributed by atoms with van der Waals surface area (Å²) in [5, 5.41) is 6.39. The molecule has 6 rings (SSSR count). The molecule has 1 unspecified atom stereocenters. The Morgan fingerprint density at radius 3 is 2.24 bits per heavy atom. The van der Waals surface area contributed by atoms with Gasteiger partial charge < -0.3 is 19.7 Å². The average Bonchev–Trinajstić information content (AvgIpc) is 3.43. The molecule has 1 aliphatic rings. The van der Waals surface area contributed by atoms with Crippen molar-refractivity contribution >= 4 is 39.4 Å². The second-order valence-electron chi connectivity index (χ2n) is 12.7. The fourth-order valence-corrected chi connectivity index (χ4v) is 6.97. The molecule has 1 fully saturated rings. The highest BCUT2D eigenvalue weighted by Crippen LogP contribution is 2.35. The number of aromatic nitrogens is 1. The third kappa shape index (κ3) is 6.14. The first-order valence-electron chi connectivity index (χ1n) is 16.2. The van der Waals surface area contributed by atoms with E-state index in [9.17, 15) is 14.4 Å². The Morgan fingerprint density at radius 2 is 1.48 bits per heavy atom. The van der Waals surface area contributed by atoms with E-state index in [2.05, 4.69) is 35.6 Å². The molecule has 1 N–H and O–H groups in total. The van der Waals surface area contributed by atoms with Gasteiger partial charge >= 0.3 is 0 Å². The molecule has 46 heavy (non-hydrogen) atoms. The highest BCUT2D eigenvalue weighted by Gasteiger charge is 2.46. The van der Waals surface area contributed by atoms with E-state index in [0.717, 1.165) is 52.1 Å². The van der Waals surface area contributed by atoms with E-state index in [0.29, 0.717) is 24.8 Å². The first-order chi connectivity index (χ1) is 22.3. The predicted molar refractivity (Wildman–Crippen MR) is 183 cm³/mol. The van der Waals surface area contributed by atoms with Gasteiger partial charge in [0.1, 0.15) is 11.7 Å². The van der Waals surface area contributed by atoms with Crippen molar-refractivity contribution in [1.29, 1.82) is 0 Å². The van der Waals surface area contributed by atoms with Crippen LogP contribution in [0.5, 0.6) is 0 Å². The van der Waals surface area contributed by atoms with Crippen LogP contribution in [0.2, 0.25) is 0 Å². The van der Waals surface area contributed by atoms with Crippen molar-refractivity contribution in [2.45, 2.75) is 56.7 Å². The fraction of sp³-hybridized carbons (Fsp3) is 0.308. The van der Waals surface area contributed by atoms with Gasteiger partial charge in [0.25, 0.3) is 5.91 Å². The number of para-hydroxylation sites is 1. The summed E-state index contributed by atoms with van der Waals surface area (Å²) in [6.07, 6.45) is 5.75. The van der Waals surface area contributed by atoms with Crippen LogP contribution < -0.4 is 5.32 Å². The maximum absolute atomic E-state index is 14.6. The van der Waals surface area contributed by atoms with Crippen LogP contribution in [0.3, 0.4) is 0 Å². The number of amides is 3. The molecule has 1 heterocycles. The number of fused-ring (bicyclic) bond motifs is 2. The molecule has 7 nitrogen and oxygen atoms in total. The smallest absolute Gasteiger partial charge is 0.256 e. The second kappa shape index (κ2) is 13.2. The van der Waals surface area contributed by atoms with Gasteiger partial charge in [0.05, 0.1) is 12.0 Å².